The summed E-state index contributed by atoms with van der Waals surface area (Å²) in [6.45, 7) is 0.383. The number of aromatic hydroxyl groups is 1. The molecule has 0 amide bonds. The summed E-state index contributed by atoms with van der Waals surface area (Å²) in [6.07, 6.45) is 0.701. The van der Waals surface area contributed by atoms with Gasteiger partial charge < -0.3 is 15.5 Å². The van der Waals surface area contributed by atoms with E-state index in [1.807, 2.05) is 30.3 Å². The number of hydrogen-bond acceptors (Lipinski definition) is 3. The molecule has 0 radical (unpaired) electrons. The van der Waals surface area contributed by atoms with Gasteiger partial charge in [0.2, 0.25) is 0 Å². The van der Waals surface area contributed by atoms with E-state index in [9.17, 15) is 10.2 Å². The second-order valence-corrected chi connectivity index (χ2v) is 5.69. The van der Waals surface area contributed by atoms with E-state index in [1.54, 1.807) is 6.07 Å². The normalized spacial score (nSPS) is 12.3. The molecule has 0 saturated heterocycles. The number of benzene rings is 2. The fourth-order valence-corrected chi connectivity index (χ4v) is 2.64. The summed E-state index contributed by atoms with van der Waals surface area (Å²) in [6, 6.07) is 13.0. The number of halogens is 2. The maximum Gasteiger partial charge on any atom is 0.138 e. The van der Waals surface area contributed by atoms with E-state index in [0.717, 1.165) is 5.56 Å². The lowest BCUT2D eigenvalue weighted by molar-refractivity contribution is 0.240. The Hall–Kier alpha value is -1.26. The summed E-state index contributed by atoms with van der Waals surface area (Å²) in [5, 5.41) is 23.3. The van der Waals surface area contributed by atoms with Gasteiger partial charge in [-0.2, -0.15) is 0 Å². The zero-order chi connectivity index (χ0) is 15.2. The molecule has 0 aliphatic carbocycles. The van der Waals surface area contributed by atoms with Crippen LogP contribution in [0.25, 0.3) is 0 Å². The molecule has 0 spiro atoms. The summed E-state index contributed by atoms with van der Waals surface area (Å²) in [4.78, 5) is 0. The molecule has 3 nitrogen and oxygen atoms in total. The number of hydrogen-bond donors (Lipinski definition) is 3. The van der Waals surface area contributed by atoms with E-state index >= 15 is 0 Å². The molecule has 1 atom stereocenters. The molecule has 0 aliphatic rings. The summed E-state index contributed by atoms with van der Waals surface area (Å²) in [5.74, 6) is 0.0185. The molecule has 0 heterocycles. The first-order valence-corrected chi connectivity index (χ1v) is 7.40. The zero-order valence-electron chi connectivity index (χ0n) is 11.4. The van der Waals surface area contributed by atoms with Crippen molar-refractivity contribution in [3.05, 3.63) is 63.6 Å². The van der Waals surface area contributed by atoms with Crippen molar-refractivity contribution in [3.63, 3.8) is 0 Å². The Balaban J connectivity index is 2.00. The molecule has 0 aliphatic heterocycles. The van der Waals surface area contributed by atoms with Crippen LogP contribution in [0.5, 0.6) is 5.75 Å². The van der Waals surface area contributed by atoms with E-state index in [4.69, 9.17) is 23.2 Å². The minimum atomic E-state index is -0.107. The average Bonchev–Trinajstić information content (AvgIpc) is 2.49. The lowest BCUT2D eigenvalue weighted by Gasteiger charge is -2.17. The number of rotatable bonds is 6. The fraction of sp³-hybridized carbons (Fsp3) is 0.250. The topological polar surface area (TPSA) is 52.5 Å². The van der Waals surface area contributed by atoms with Crippen molar-refractivity contribution in [1.82, 2.24) is 5.32 Å². The largest absolute Gasteiger partial charge is 0.506 e. The van der Waals surface area contributed by atoms with Crippen molar-refractivity contribution in [2.45, 2.75) is 19.0 Å². The van der Waals surface area contributed by atoms with Crippen molar-refractivity contribution in [2.24, 2.45) is 0 Å². The summed E-state index contributed by atoms with van der Waals surface area (Å²) < 4.78 is 0. The fourth-order valence-electron chi connectivity index (χ4n) is 2.11. The number of phenols is 1. The molecule has 0 aromatic heterocycles. The Morgan fingerprint density at radius 3 is 2.48 bits per heavy atom. The molecule has 0 fully saturated rings. The van der Waals surface area contributed by atoms with Crippen LogP contribution >= 0.6 is 23.2 Å². The van der Waals surface area contributed by atoms with Gasteiger partial charge in [0, 0.05) is 23.2 Å². The molecule has 2 rings (SSSR count). The van der Waals surface area contributed by atoms with Crippen LogP contribution in [0.1, 0.15) is 11.1 Å². The number of aliphatic hydroxyl groups is 1. The van der Waals surface area contributed by atoms with Gasteiger partial charge in [-0.15, -0.1) is 0 Å². The van der Waals surface area contributed by atoms with Crippen LogP contribution in [0.3, 0.4) is 0 Å². The molecule has 2 aromatic carbocycles. The number of nitrogens with one attached hydrogen (secondary N) is 1. The van der Waals surface area contributed by atoms with Crippen molar-refractivity contribution in [2.75, 3.05) is 6.61 Å². The molecular weight excluding hydrogens is 309 g/mol. The summed E-state index contributed by atoms with van der Waals surface area (Å²) in [5.41, 5.74) is 1.75. The third-order valence-electron chi connectivity index (χ3n) is 3.23. The quantitative estimate of drug-likeness (QED) is 0.763. The Morgan fingerprint density at radius 2 is 1.81 bits per heavy atom. The second kappa shape index (κ2) is 7.66. The van der Waals surface area contributed by atoms with Gasteiger partial charge in [-0.25, -0.2) is 0 Å². The first-order chi connectivity index (χ1) is 10.1. The van der Waals surface area contributed by atoms with Gasteiger partial charge in [-0.05, 0) is 24.1 Å². The maximum atomic E-state index is 9.90. The number of aliphatic hydroxyl groups excluding tert-OH is 1. The summed E-state index contributed by atoms with van der Waals surface area (Å²) >= 11 is 11.8. The van der Waals surface area contributed by atoms with E-state index in [2.05, 4.69) is 5.32 Å². The third kappa shape index (κ3) is 4.61. The smallest absolute Gasteiger partial charge is 0.138 e. The SMILES string of the molecule is OC[C@@H](Cc1ccccc1)NCc1cc(Cl)cc(Cl)c1O. The lowest BCUT2D eigenvalue weighted by Crippen LogP contribution is -2.34. The standard InChI is InChI=1S/C16H17Cl2NO2/c17-13-7-12(16(21)15(18)8-13)9-19-14(10-20)6-11-4-2-1-3-5-11/h1-5,7-8,14,19-21H,6,9-10H2/t14-/m1/s1. The second-order valence-electron chi connectivity index (χ2n) is 4.85. The van der Waals surface area contributed by atoms with Crippen LogP contribution in [-0.2, 0) is 13.0 Å². The van der Waals surface area contributed by atoms with Crippen molar-refractivity contribution in [1.29, 1.82) is 0 Å². The van der Waals surface area contributed by atoms with Crippen molar-refractivity contribution >= 4 is 23.2 Å². The molecular formula is C16H17Cl2NO2. The van der Waals surface area contributed by atoms with Crippen LogP contribution < -0.4 is 5.32 Å². The molecule has 21 heavy (non-hydrogen) atoms. The molecule has 3 N–H and O–H groups in total. The van der Waals surface area contributed by atoms with Crippen molar-refractivity contribution in [3.8, 4) is 5.75 Å². The highest BCUT2D eigenvalue weighted by atomic mass is 35.5. The first kappa shape index (κ1) is 16.1. The van der Waals surface area contributed by atoms with Gasteiger partial charge in [0.1, 0.15) is 5.75 Å². The van der Waals surface area contributed by atoms with E-state index in [1.165, 1.54) is 6.07 Å². The minimum Gasteiger partial charge on any atom is -0.506 e. The highest BCUT2D eigenvalue weighted by Gasteiger charge is 2.12. The van der Waals surface area contributed by atoms with Gasteiger partial charge in [-0.1, -0.05) is 53.5 Å². The van der Waals surface area contributed by atoms with Crippen LogP contribution in [0, 0.1) is 0 Å². The van der Waals surface area contributed by atoms with Crippen molar-refractivity contribution < 1.29 is 10.2 Å². The van der Waals surface area contributed by atoms with Crippen LogP contribution in [0.2, 0.25) is 10.0 Å². The van der Waals surface area contributed by atoms with Gasteiger partial charge >= 0.3 is 0 Å². The third-order valence-corrected chi connectivity index (χ3v) is 3.74. The molecule has 0 saturated carbocycles. The predicted octanol–water partition coefficient (Wildman–Crippen LogP) is 3.39. The van der Waals surface area contributed by atoms with E-state index in [-0.39, 0.29) is 23.4 Å². The van der Waals surface area contributed by atoms with Gasteiger partial charge in [0.15, 0.2) is 0 Å². The Kier molecular flexibility index (Phi) is 5.88. The Labute approximate surface area is 134 Å². The predicted molar refractivity (Wildman–Crippen MR) is 86.0 cm³/mol. The highest BCUT2D eigenvalue weighted by molar-refractivity contribution is 6.35. The molecule has 2 aromatic rings. The van der Waals surface area contributed by atoms with Crippen LogP contribution in [0.4, 0.5) is 0 Å². The number of phenolic OH excluding ortho intramolecular Hbond substituents is 1. The monoisotopic (exact) mass is 325 g/mol. The van der Waals surface area contributed by atoms with Gasteiger partial charge in [-0.3, -0.25) is 0 Å². The zero-order valence-corrected chi connectivity index (χ0v) is 12.9. The molecule has 112 valence electrons. The highest BCUT2D eigenvalue weighted by Crippen LogP contribution is 2.31. The lowest BCUT2D eigenvalue weighted by atomic mass is 10.1. The molecule has 0 bridgehead atoms. The van der Waals surface area contributed by atoms with E-state index in [0.29, 0.717) is 23.6 Å². The van der Waals surface area contributed by atoms with Crippen LogP contribution in [0.15, 0.2) is 42.5 Å². The van der Waals surface area contributed by atoms with Crippen LogP contribution in [-0.4, -0.2) is 22.9 Å². The van der Waals surface area contributed by atoms with Gasteiger partial charge in [0.05, 0.1) is 11.6 Å². The van der Waals surface area contributed by atoms with E-state index < -0.39 is 0 Å². The molecule has 0 unspecified atom stereocenters. The molecule has 5 heteroatoms. The Morgan fingerprint density at radius 1 is 1.10 bits per heavy atom. The Bertz CT molecular complexity index is 590. The minimum absolute atomic E-state index is 0.00392. The summed E-state index contributed by atoms with van der Waals surface area (Å²) in [7, 11) is 0. The maximum absolute atomic E-state index is 9.90. The first-order valence-electron chi connectivity index (χ1n) is 6.65. The average molecular weight is 326 g/mol. The van der Waals surface area contributed by atoms with Gasteiger partial charge in [0.25, 0.3) is 0 Å².